The molecular weight excluding hydrogens is 466 g/mol. The number of nitrogens with zero attached hydrogens (tertiary/aromatic N) is 6. The lowest BCUT2D eigenvalue weighted by atomic mass is 10.2. The van der Waals surface area contributed by atoms with Crippen molar-refractivity contribution in [3.8, 4) is 11.1 Å². The summed E-state index contributed by atoms with van der Waals surface area (Å²) < 4.78 is 1.63. The number of rotatable bonds is 3. The minimum Gasteiger partial charge on any atom is -0.382 e. The highest BCUT2D eigenvalue weighted by Crippen LogP contribution is 2.39. The molecule has 160 valence electrons. The van der Waals surface area contributed by atoms with E-state index in [1.165, 1.54) is 17.7 Å². The number of hydrogen-bond acceptors (Lipinski definition) is 9. The second-order valence-electron chi connectivity index (χ2n) is 7.18. The third kappa shape index (κ3) is 3.30. The molecule has 1 fully saturated rings. The second kappa shape index (κ2) is 8.09. The molecule has 1 aliphatic rings. The average Bonchev–Trinajstić information content (AvgIpc) is 3.42. The van der Waals surface area contributed by atoms with Gasteiger partial charge in [0.2, 0.25) is 0 Å². The third-order valence-electron chi connectivity index (χ3n) is 5.24. The Morgan fingerprint density at radius 3 is 2.88 bits per heavy atom. The van der Waals surface area contributed by atoms with E-state index >= 15 is 0 Å². The zero-order valence-corrected chi connectivity index (χ0v) is 19.2. The first-order valence-corrected chi connectivity index (χ1v) is 12.0. The Hall–Kier alpha value is -3.13. The minimum atomic E-state index is -0.306. The summed E-state index contributed by atoms with van der Waals surface area (Å²) in [7, 11) is 0. The number of aromatic nitrogens is 4. The molecule has 1 atom stereocenters. The lowest BCUT2D eigenvalue weighted by molar-refractivity contribution is 0.669. The standard InChI is InChI=1S/C21H16ClN7OS2/c1-11-5-6-16(32-11)29-20(27-14-4-2-3-13(22)17(14)21(29)30)15-8-31-10-28(15)19-12(7-23)18(24)25-9-26-19/h2-6,9,15H,8,10H2,1H3,(H2,24,25,26). The van der Waals surface area contributed by atoms with E-state index in [1.54, 1.807) is 34.5 Å². The first kappa shape index (κ1) is 20.8. The lowest BCUT2D eigenvalue weighted by Crippen LogP contribution is -2.33. The number of aryl methyl sites for hydroxylation is 1. The molecule has 1 unspecified atom stereocenters. The number of halogens is 1. The Morgan fingerprint density at radius 2 is 2.12 bits per heavy atom. The van der Waals surface area contributed by atoms with Crippen molar-refractivity contribution in [3.63, 3.8) is 0 Å². The Bertz CT molecular complexity index is 1460. The molecule has 11 heteroatoms. The molecule has 1 aromatic carbocycles. The van der Waals surface area contributed by atoms with Crippen LogP contribution in [0.5, 0.6) is 0 Å². The van der Waals surface area contributed by atoms with E-state index in [0.29, 0.717) is 39.2 Å². The number of thiophene rings is 1. The Labute approximate surface area is 196 Å². The van der Waals surface area contributed by atoms with E-state index in [-0.39, 0.29) is 23.0 Å². The monoisotopic (exact) mass is 481 g/mol. The maximum Gasteiger partial charge on any atom is 0.268 e. The number of benzene rings is 1. The van der Waals surface area contributed by atoms with Crippen LogP contribution in [0.3, 0.4) is 0 Å². The van der Waals surface area contributed by atoms with Crippen LogP contribution in [-0.2, 0) is 0 Å². The van der Waals surface area contributed by atoms with Crippen LogP contribution in [0.2, 0.25) is 5.02 Å². The van der Waals surface area contributed by atoms with Crippen LogP contribution < -0.4 is 16.2 Å². The fourth-order valence-corrected chi connectivity index (χ4v) is 6.04. The van der Waals surface area contributed by atoms with Crippen LogP contribution in [0.4, 0.5) is 11.6 Å². The van der Waals surface area contributed by atoms with Crippen molar-refractivity contribution in [2.45, 2.75) is 13.0 Å². The molecule has 4 heterocycles. The van der Waals surface area contributed by atoms with Gasteiger partial charge in [-0.1, -0.05) is 17.7 Å². The van der Waals surface area contributed by atoms with Crippen LogP contribution in [0.25, 0.3) is 15.9 Å². The molecule has 2 N–H and O–H groups in total. The highest BCUT2D eigenvalue weighted by Gasteiger charge is 2.34. The van der Waals surface area contributed by atoms with Crippen LogP contribution in [0, 0.1) is 18.3 Å². The van der Waals surface area contributed by atoms with E-state index in [1.807, 2.05) is 24.0 Å². The lowest BCUT2D eigenvalue weighted by Gasteiger charge is -2.27. The molecule has 0 radical (unpaired) electrons. The summed E-state index contributed by atoms with van der Waals surface area (Å²) in [6, 6.07) is 10.9. The molecule has 8 nitrogen and oxygen atoms in total. The molecule has 0 amide bonds. The van der Waals surface area contributed by atoms with Crippen LogP contribution in [0.1, 0.15) is 22.3 Å². The molecule has 3 aromatic heterocycles. The van der Waals surface area contributed by atoms with Crippen molar-refractivity contribution in [3.05, 3.63) is 68.3 Å². The summed E-state index contributed by atoms with van der Waals surface area (Å²) in [5.41, 5.74) is 6.45. The zero-order valence-electron chi connectivity index (χ0n) is 16.8. The summed E-state index contributed by atoms with van der Waals surface area (Å²) in [5.74, 6) is 2.36. The molecule has 1 aliphatic heterocycles. The number of nitriles is 1. The van der Waals surface area contributed by atoms with Gasteiger partial charge in [-0.05, 0) is 31.2 Å². The van der Waals surface area contributed by atoms with Crippen molar-refractivity contribution >= 4 is 57.2 Å². The van der Waals surface area contributed by atoms with Gasteiger partial charge in [-0.3, -0.25) is 9.36 Å². The van der Waals surface area contributed by atoms with Gasteiger partial charge in [0, 0.05) is 10.6 Å². The van der Waals surface area contributed by atoms with Gasteiger partial charge in [0.25, 0.3) is 5.56 Å². The van der Waals surface area contributed by atoms with Gasteiger partial charge in [0.1, 0.15) is 34.6 Å². The van der Waals surface area contributed by atoms with Crippen molar-refractivity contribution < 1.29 is 0 Å². The number of hydrogen-bond donors (Lipinski definition) is 1. The van der Waals surface area contributed by atoms with E-state index in [2.05, 4.69) is 16.0 Å². The number of anilines is 2. The van der Waals surface area contributed by atoms with E-state index in [0.717, 1.165) is 9.88 Å². The fourth-order valence-electron chi connectivity index (χ4n) is 3.76. The summed E-state index contributed by atoms with van der Waals surface area (Å²) in [6.07, 6.45) is 1.34. The molecule has 32 heavy (non-hydrogen) atoms. The maximum absolute atomic E-state index is 13.7. The zero-order chi connectivity index (χ0) is 22.4. The third-order valence-corrected chi connectivity index (χ3v) is 7.55. The molecule has 0 aliphatic carbocycles. The van der Waals surface area contributed by atoms with Gasteiger partial charge in [0.15, 0.2) is 5.82 Å². The van der Waals surface area contributed by atoms with E-state index < -0.39 is 0 Å². The smallest absolute Gasteiger partial charge is 0.268 e. The van der Waals surface area contributed by atoms with Crippen molar-refractivity contribution in [2.75, 3.05) is 22.3 Å². The first-order valence-electron chi connectivity index (χ1n) is 9.62. The number of nitrogens with two attached hydrogens (primary N) is 1. The van der Waals surface area contributed by atoms with E-state index in [9.17, 15) is 10.1 Å². The topological polar surface area (TPSA) is 114 Å². The number of nitrogen functional groups attached to an aromatic ring is 1. The van der Waals surface area contributed by atoms with Gasteiger partial charge >= 0.3 is 0 Å². The fraction of sp³-hybridized carbons (Fsp3) is 0.190. The first-order chi connectivity index (χ1) is 15.5. The van der Waals surface area contributed by atoms with Gasteiger partial charge < -0.3 is 10.6 Å². The average molecular weight is 482 g/mol. The highest BCUT2D eigenvalue weighted by atomic mass is 35.5. The molecule has 1 saturated heterocycles. The SMILES string of the molecule is Cc1ccc(-n2c(C3CSCN3c3ncnc(N)c3C#N)nc3cccc(Cl)c3c2=O)s1. The molecule has 5 rings (SSSR count). The summed E-state index contributed by atoms with van der Waals surface area (Å²) in [6.45, 7) is 1.99. The predicted molar refractivity (Wildman–Crippen MR) is 129 cm³/mol. The van der Waals surface area contributed by atoms with Crippen molar-refractivity contribution in [2.24, 2.45) is 0 Å². The molecule has 0 bridgehead atoms. The largest absolute Gasteiger partial charge is 0.382 e. The maximum atomic E-state index is 13.7. The van der Waals surface area contributed by atoms with Gasteiger partial charge in [-0.2, -0.15) is 5.26 Å². The minimum absolute atomic E-state index is 0.123. The quantitative estimate of drug-likeness (QED) is 0.468. The highest BCUT2D eigenvalue weighted by molar-refractivity contribution is 7.99. The van der Waals surface area contributed by atoms with Gasteiger partial charge in [-0.25, -0.2) is 15.0 Å². The Balaban J connectivity index is 1.78. The summed E-state index contributed by atoms with van der Waals surface area (Å²) in [5, 5.41) is 11.1. The summed E-state index contributed by atoms with van der Waals surface area (Å²) in [4.78, 5) is 29.9. The molecule has 0 saturated carbocycles. The molecular formula is C21H16ClN7OS2. The van der Waals surface area contributed by atoms with E-state index in [4.69, 9.17) is 22.3 Å². The van der Waals surface area contributed by atoms with Crippen molar-refractivity contribution in [1.82, 2.24) is 19.5 Å². The summed E-state index contributed by atoms with van der Waals surface area (Å²) >= 11 is 9.56. The molecule has 4 aromatic rings. The van der Waals surface area contributed by atoms with Crippen LogP contribution in [-0.4, -0.2) is 31.1 Å². The second-order valence-corrected chi connectivity index (χ2v) is 9.86. The predicted octanol–water partition coefficient (Wildman–Crippen LogP) is 3.90. The van der Waals surface area contributed by atoms with Gasteiger partial charge in [0.05, 0.1) is 27.8 Å². The Morgan fingerprint density at radius 1 is 1.28 bits per heavy atom. The molecule has 0 spiro atoms. The number of thioether (sulfide) groups is 1. The van der Waals surface area contributed by atoms with Gasteiger partial charge in [-0.15, -0.1) is 23.1 Å². The van der Waals surface area contributed by atoms with Crippen LogP contribution >= 0.6 is 34.7 Å². The Kier molecular flexibility index (Phi) is 5.25. The normalized spacial score (nSPS) is 15.9. The number of fused-ring (bicyclic) bond motifs is 1. The van der Waals surface area contributed by atoms with Crippen LogP contribution in [0.15, 0.2) is 41.5 Å². The van der Waals surface area contributed by atoms with Crippen molar-refractivity contribution in [1.29, 1.82) is 5.26 Å².